The van der Waals surface area contributed by atoms with Gasteiger partial charge in [0.15, 0.2) is 11.6 Å². The molecule has 2 heterocycles. The van der Waals surface area contributed by atoms with Crippen molar-refractivity contribution >= 4 is 11.6 Å². The van der Waals surface area contributed by atoms with Crippen molar-refractivity contribution in [2.75, 3.05) is 40.4 Å². The van der Waals surface area contributed by atoms with Crippen molar-refractivity contribution in [3.8, 4) is 11.5 Å². The smallest absolute Gasteiger partial charge is 0.180 e. The number of rotatable bonds is 10. The Bertz CT molecular complexity index is 907. The van der Waals surface area contributed by atoms with Crippen molar-refractivity contribution in [3.05, 3.63) is 59.7 Å². The molecule has 0 aromatic heterocycles. The van der Waals surface area contributed by atoms with Gasteiger partial charge < -0.3 is 9.47 Å². The highest BCUT2D eigenvalue weighted by Gasteiger charge is 2.36. The molecular formula is C31H42N2O4. The number of nitrogens with zero attached hydrogens (tertiary/aromatic N) is 2. The van der Waals surface area contributed by atoms with Gasteiger partial charge in [-0.3, -0.25) is 19.4 Å². The lowest BCUT2D eigenvalue weighted by molar-refractivity contribution is 0.0656. The topological polar surface area (TPSA) is 59.1 Å². The molecule has 6 heteroatoms. The second kappa shape index (κ2) is 13.7. The summed E-state index contributed by atoms with van der Waals surface area (Å²) < 4.78 is 10.6. The Morgan fingerprint density at radius 3 is 1.22 bits per heavy atom. The average molecular weight is 507 g/mol. The Morgan fingerprint density at radius 1 is 0.595 bits per heavy atom. The zero-order valence-corrected chi connectivity index (χ0v) is 22.5. The number of benzene rings is 2. The van der Waals surface area contributed by atoms with Crippen LogP contribution in [0, 0.1) is 0 Å². The lowest BCUT2D eigenvalue weighted by atomic mass is 9.91. The number of ketones is 2. The van der Waals surface area contributed by atoms with Gasteiger partial charge in [-0.25, -0.2) is 0 Å². The third-order valence-electron chi connectivity index (χ3n) is 7.96. The van der Waals surface area contributed by atoms with Gasteiger partial charge in [-0.05, 0) is 107 Å². The third kappa shape index (κ3) is 7.20. The van der Waals surface area contributed by atoms with Crippen LogP contribution in [0.2, 0.25) is 0 Å². The van der Waals surface area contributed by atoms with Crippen LogP contribution in [-0.4, -0.2) is 73.8 Å². The highest BCUT2D eigenvalue weighted by molar-refractivity contribution is 6.03. The summed E-state index contributed by atoms with van der Waals surface area (Å²) in [5.74, 6) is 1.68. The molecule has 2 aromatic rings. The Labute approximate surface area is 221 Å². The molecule has 2 aliphatic rings. The molecule has 2 saturated heterocycles. The highest BCUT2D eigenvalue weighted by Crippen LogP contribution is 2.26. The molecule has 0 aliphatic carbocycles. The molecular weight excluding hydrogens is 464 g/mol. The van der Waals surface area contributed by atoms with Crippen LogP contribution in [0.1, 0.15) is 78.5 Å². The molecule has 0 spiro atoms. The molecule has 2 aliphatic heterocycles. The number of likely N-dealkylation sites (tertiary alicyclic amines) is 2. The van der Waals surface area contributed by atoms with Crippen LogP contribution in [0.15, 0.2) is 48.5 Å². The van der Waals surface area contributed by atoms with E-state index in [0.29, 0.717) is 17.5 Å². The van der Waals surface area contributed by atoms with Gasteiger partial charge in [0, 0.05) is 11.1 Å². The molecule has 200 valence electrons. The molecule has 2 fully saturated rings. The maximum atomic E-state index is 14.1. The first kappa shape index (κ1) is 27.3. The quantitative estimate of drug-likeness (QED) is 0.388. The van der Waals surface area contributed by atoms with E-state index >= 15 is 0 Å². The number of methoxy groups -OCH3 is 2. The summed E-state index contributed by atoms with van der Waals surface area (Å²) in [5.41, 5.74) is 1.36. The fourth-order valence-electron chi connectivity index (χ4n) is 5.76. The summed E-state index contributed by atoms with van der Waals surface area (Å²) in [6.45, 7) is 3.60. The van der Waals surface area contributed by atoms with Gasteiger partial charge in [0.05, 0.1) is 26.3 Å². The zero-order chi connectivity index (χ0) is 26.0. The molecule has 0 N–H and O–H groups in total. The van der Waals surface area contributed by atoms with Crippen molar-refractivity contribution in [2.45, 2.75) is 69.9 Å². The lowest BCUT2D eigenvalue weighted by Crippen LogP contribution is -2.50. The van der Waals surface area contributed by atoms with E-state index in [0.717, 1.165) is 63.4 Å². The Morgan fingerprint density at radius 2 is 0.919 bits per heavy atom. The van der Waals surface area contributed by atoms with Crippen LogP contribution in [0.5, 0.6) is 11.5 Å². The predicted octanol–water partition coefficient (Wildman–Crippen LogP) is 5.65. The van der Waals surface area contributed by atoms with Crippen LogP contribution in [0.3, 0.4) is 0 Å². The fraction of sp³-hybridized carbons (Fsp3) is 0.548. The van der Waals surface area contributed by atoms with E-state index in [1.165, 1.54) is 25.7 Å². The lowest BCUT2D eigenvalue weighted by Gasteiger charge is -2.36. The minimum absolute atomic E-state index is 0.104. The summed E-state index contributed by atoms with van der Waals surface area (Å²) >= 11 is 0. The molecule has 0 radical (unpaired) electrons. The Hall–Kier alpha value is -2.70. The molecule has 0 amide bonds. The Kier molecular flexibility index (Phi) is 10.1. The molecule has 6 nitrogen and oxygen atoms in total. The van der Waals surface area contributed by atoms with Gasteiger partial charge in [-0.2, -0.15) is 0 Å². The highest BCUT2D eigenvalue weighted by atomic mass is 16.5. The summed E-state index contributed by atoms with van der Waals surface area (Å²) in [6, 6.07) is 14.2. The van der Waals surface area contributed by atoms with Crippen LogP contribution in [0.4, 0.5) is 0 Å². The van der Waals surface area contributed by atoms with Crippen LogP contribution < -0.4 is 9.47 Å². The van der Waals surface area contributed by atoms with Gasteiger partial charge in [0.25, 0.3) is 0 Å². The van der Waals surface area contributed by atoms with Crippen molar-refractivity contribution in [2.24, 2.45) is 0 Å². The summed E-state index contributed by atoms with van der Waals surface area (Å²) in [4.78, 5) is 32.8. The van der Waals surface area contributed by atoms with E-state index in [-0.39, 0.29) is 23.7 Å². The van der Waals surface area contributed by atoms with Gasteiger partial charge in [0.2, 0.25) is 0 Å². The van der Waals surface area contributed by atoms with Crippen LogP contribution in [0.25, 0.3) is 0 Å². The maximum Gasteiger partial charge on any atom is 0.180 e. The predicted molar refractivity (Wildman–Crippen MR) is 147 cm³/mol. The van der Waals surface area contributed by atoms with E-state index in [9.17, 15) is 9.59 Å². The minimum Gasteiger partial charge on any atom is -0.497 e. The maximum absolute atomic E-state index is 14.1. The summed E-state index contributed by atoms with van der Waals surface area (Å²) in [7, 11) is 3.26. The molecule has 0 bridgehead atoms. The normalized spacial score (nSPS) is 19.3. The second-order valence-electron chi connectivity index (χ2n) is 10.4. The van der Waals surface area contributed by atoms with Crippen molar-refractivity contribution in [1.82, 2.24) is 9.80 Å². The standard InChI is InChI=1S/C31H42N2O4/c1-36-26-15-11-24(12-16-26)30(34)28(32-19-7-3-4-8-20-32)23-29(33-21-9-5-6-10-22-33)31(35)25-13-17-27(37-2)18-14-25/h11-18,28-29H,3-10,19-23H2,1-2H3/t28-,29+. The van der Waals surface area contributed by atoms with Gasteiger partial charge >= 0.3 is 0 Å². The monoisotopic (exact) mass is 506 g/mol. The zero-order valence-electron chi connectivity index (χ0n) is 22.5. The number of carbonyl (C=O) groups excluding carboxylic acids is 2. The van der Waals surface area contributed by atoms with Crippen LogP contribution >= 0.6 is 0 Å². The average Bonchev–Trinajstić information content (AvgIpc) is 3.39. The minimum atomic E-state index is -0.332. The molecule has 0 saturated carbocycles. The second-order valence-corrected chi connectivity index (χ2v) is 10.4. The van der Waals surface area contributed by atoms with Crippen molar-refractivity contribution in [1.29, 1.82) is 0 Å². The largest absolute Gasteiger partial charge is 0.497 e. The Balaban J connectivity index is 1.66. The molecule has 4 rings (SSSR count). The van der Waals surface area contributed by atoms with E-state index in [1.807, 2.05) is 48.5 Å². The van der Waals surface area contributed by atoms with Crippen molar-refractivity contribution in [3.63, 3.8) is 0 Å². The van der Waals surface area contributed by atoms with Crippen LogP contribution in [-0.2, 0) is 0 Å². The first-order chi connectivity index (χ1) is 18.1. The van der Waals surface area contributed by atoms with Gasteiger partial charge in [-0.15, -0.1) is 0 Å². The van der Waals surface area contributed by atoms with E-state index in [2.05, 4.69) is 9.80 Å². The number of carbonyl (C=O) groups is 2. The van der Waals surface area contributed by atoms with E-state index in [1.54, 1.807) is 14.2 Å². The number of hydrogen-bond acceptors (Lipinski definition) is 6. The van der Waals surface area contributed by atoms with Crippen molar-refractivity contribution < 1.29 is 19.1 Å². The first-order valence-corrected chi connectivity index (χ1v) is 14.0. The first-order valence-electron chi connectivity index (χ1n) is 14.0. The molecule has 0 unspecified atom stereocenters. The number of hydrogen-bond donors (Lipinski definition) is 0. The number of Topliss-reactive ketones (excluding diaryl/α,β-unsaturated/α-hetero) is 2. The summed E-state index contributed by atoms with van der Waals surface area (Å²) in [5, 5.41) is 0. The molecule has 2 atom stereocenters. The third-order valence-corrected chi connectivity index (χ3v) is 7.96. The van der Waals surface area contributed by atoms with E-state index < -0.39 is 0 Å². The van der Waals surface area contributed by atoms with Gasteiger partial charge in [-0.1, -0.05) is 25.7 Å². The SMILES string of the molecule is COc1ccc(C(=O)[C@@H](C[C@@H](C(=O)c2ccc(OC)cc2)N2CCCCCC2)N2CCCCCC2)cc1. The molecule has 2 aromatic carbocycles. The fourth-order valence-corrected chi connectivity index (χ4v) is 5.76. The van der Waals surface area contributed by atoms with E-state index in [4.69, 9.17) is 9.47 Å². The molecule has 37 heavy (non-hydrogen) atoms. The summed E-state index contributed by atoms with van der Waals surface area (Å²) in [6.07, 6.45) is 9.65. The number of ether oxygens (including phenoxy) is 2. The van der Waals surface area contributed by atoms with Gasteiger partial charge in [0.1, 0.15) is 11.5 Å².